The highest BCUT2D eigenvalue weighted by Gasteiger charge is 2.26. The van der Waals surface area contributed by atoms with E-state index in [2.05, 4.69) is 15.9 Å². The molecule has 0 bridgehead atoms. The molecule has 0 amide bonds. The summed E-state index contributed by atoms with van der Waals surface area (Å²) in [6.45, 7) is 3.92. The Kier molecular flexibility index (Phi) is 5.78. The van der Waals surface area contributed by atoms with E-state index in [9.17, 15) is 10.1 Å². The van der Waals surface area contributed by atoms with Crippen molar-refractivity contribution < 1.29 is 9.66 Å². The zero-order chi connectivity index (χ0) is 21.1. The molecule has 3 aromatic rings. The first-order valence-corrected chi connectivity index (χ1v) is 9.98. The minimum atomic E-state index is -0.392. The number of benzene rings is 2. The van der Waals surface area contributed by atoms with Crippen LogP contribution in [0.5, 0.6) is 5.75 Å². The molecule has 2 N–H and O–H groups in total. The lowest BCUT2D eigenvalue weighted by atomic mass is 10.1. The second-order valence-electron chi connectivity index (χ2n) is 7.32. The van der Waals surface area contributed by atoms with E-state index in [-0.39, 0.29) is 11.7 Å². The Morgan fingerprint density at radius 1 is 1.13 bits per heavy atom. The molecule has 0 radical (unpaired) electrons. The summed E-state index contributed by atoms with van der Waals surface area (Å²) in [5, 5.41) is 11.7. The summed E-state index contributed by atoms with van der Waals surface area (Å²) in [6.07, 6.45) is 0. The van der Waals surface area contributed by atoms with Crippen LogP contribution in [0.15, 0.2) is 54.6 Å². The van der Waals surface area contributed by atoms with Gasteiger partial charge in [-0.1, -0.05) is 18.2 Å². The maximum atomic E-state index is 11.0. The maximum absolute atomic E-state index is 11.0. The van der Waals surface area contributed by atoms with E-state index < -0.39 is 4.92 Å². The molecule has 8 heteroatoms. The first kappa shape index (κ1) is 20.1. The number of pyridine rings is 1. The number of nitro groups is 1. The van der Waals surface area contributed by atoms with E-state index in [0.29, 0.717) is 6.54 Å². The van der Waals surface area contributed by atoms with Gasteiger partial charge in [0.05, 0.1) is 35.0 Å². The van der Waals surface area contributed by atoms with E-state index in [1.54, 1.807) is 19.2 Å². The van der Waals surface area contributed by atoms with Crippen LogP contribution in [0.25, 0.3) is 10.9 Å². The van der Waals surface area contributed by atoms with Crippen molar-refractivity contribution in [1.29, 1.82) is 0 Å². The van der Waals surface area contributed by atoms with Gasteiger partial charge in [-0.2, -0.15) is 0 Å². The van der Waals surface area contributed by atoms with Crippen LogP contribution in [0.3, 0.4) is 0 Å². The molecule has 30 heavy (non-hydrogen) atoms. The van der Waals surface area contributed by atoms with Gasteiger partial charge in [0.2, 0.25) is 0 Å². The topological polar surface area (TPSA) is 97.8 Å². The molecule has 1 fully saturated rings. The zero-order valence-corrected chi connectivity index (χ0v) is 16.9. The number of nitrogens with zero attached hydrogens (tertiary/aromatic N) is 4. The summed E-state index contributed by atoms with van der Waals surface area (Å²) in [4.78, 5) is 20.0. The summed E-state index contributed by atoms with van der Waals surface area (Å²) in [7, 11) is 1.69. The Balaban J connectivity index is 1.51. The summed E-state index contributed by atoms with van der Waals surface area (Å²) < 4.78 is 5.50. The number of anilines is 1. The summed E-state index contributed by atoms with van der Waals surface area (Å²) in [6, 6.07) is 16.6. The molecule has 1 aromatic heterocycles. The lowest BCUT2D eigenvalue weighted by Gasteiger charge is -2.40. The lowest BCUT2D eigenvalue weighted by Crippen LogP contribution is -2.49. The Labute approximate surface area is 175 Å². The Bertz CT molecular complexity index is 1050. The molecular formula is C22H25N5O3. The molecule has 1 saturated heterocycles. The second kappa shape index (κ2) is 8.64. The van der Waals surface area contributed by atoms with Crippen LogP contribution < -0.4 is 15.4 Å². The fourth-order valence-corrected chi connectivity index (χ4v) is 4.05. The van der Waals surface area contributed by atoms with Crippen molar-refractivity contribution in [2.45, 2.75) is 6.04 Å². The van der Waals surface area contributed by atoms with Crippen LogP contribution in [0.2, 0.25) is 0 Å². The smallest absolute Gasteiger partial charge is 0.270 e. The van der Waals surface area contributed by atoms with Crippen LogP contribution in [0.4, 0.5) is 11.4 Å². The van der Waals surface area contributed by atoms with Gasteiger partial charge in [-0.3, -0.25) is 20.0 Å². The minimum Gasteiger partial charge on any atom is -0.495 e. The molecular weight excluding hydrogens is 382 g/mol. The molecule has 1 unspecified atom stereocenters. The Morgan fingerprint density at radius 2 is 1.90 bits per heavy atom. The van der Waals surface area contributed by atoms with Crippen molar-refractivity contribution >= 4 is 22.3 Å². The van der Waals surface area contributed by atoms with Gasteiger partial charge in [-0.15, -0.1) is 0 Å². The summed E-state index contributed by atoms with van der Waals surface area (Å²) in [5.74, 6) is 0.881. The highest BCUT2D eigenvalue weighted by Crippen LogP contribution is 2.30. The van der Waals surface area contributed by atoms with Gasteiger partial charge in [0.25, 0.3) is 5.69 Å². The number of ether oxygens (including phenoxy) is 1. The van der Waals surface area contributed by atoms with E-state index in [4.69, 9.17) is 15.5 Å². The number of hydrogen-bond acceptors (Lipinski definition) is 7. The average Bonchev–Trinajstić information content (AvgIpc) is 2.79. The fourth-order valence-electron chi connectivity index (χ4n) is 4.05. The highest BCUT2D eigenvalue weighted by atomic mass is 16.6. The van der Waals surface area contributed by atoms with Crippen LogP contribution in [0, 0.1) is 10.1 Å². The largest absolute Gasteiger partial charge is 0.495 e. The van der Waals surface area contributed by atoms with Crippen molar-refractivity contribution in [3.8, 4) is 5.75 Å². The van der Waals surface area contributed by atoms with E-state index >= 15 is 0 Å². The molecule has 0 aliphatic carbocycles. The van der Waals surface area contributed by atoms with Gasteiger partial charge in [0.15, 0.2) is 0 Å². The molecule has 1 atom stereocenters. The number of para-hydroxylation sites is 2. The minimum absolute atomic E-state index is 0.00408. The average molecular weight is 407 g/mol. The number of fused-ring (bicyclic) bond motifs is 1. The third-order valence-corrected chi connectivity index (χ3v) is 5.65. The van der Waals surface area contributed by atoms with Gasteiger partial charge >= 0.3 is 0 Å². The first-order valence-electron chi connectivity index (χ1n) is 9.98. The van der Waals surface area contributed by atoms with E-state index in [1.165, 1.54) is 6.07 Å². The van der Waals surface area contributed by atoms with Crippen molar-refractivity contribution in [2.24, 2.45) is 5.73 Å². The quantitative estimate of drug-likeness (QED) is 0.495. The number of non-ortho nitro benzene ring substituents is 1. The van der Waals surface area contributed by atoms with E-state index in [0.717, 1.165) is 54.2 Å². The SMILES string of the molecule is COc1ccccc1N1CCN(C(CN)c2ccc3cc([N+](=O)[O-])ccc3n2)CC1. The Hall–Kier alpha value is -3.23. The molecule has 4 rings (SSSR count). The van der Waals surface area contributed by atoms with Gasteiger partial charge < -0.3 is 15.4 Å². The molecule has 0 spiro atoms. The van der Waals surface area contributed by atoms with Gasteiger partial charge in [-0.05, 0) is 24.3 Å². The fraction of sp³-hybridized carbons (Fsp3) is 0.318. The zero-order valence-electron chi connectivity index (χ0n) is 16.9. The monoisotopic (exact) mass is 407 g/mol. The van der Waals surface area contributed by atoms with E-state index in [1.807, 2.05) is 30.3 Å². The number of aromatic nitrogens is 1. The second-order valence-corrected chi connectivity index (χ2v) is 7.32. The summed E-state index contributed by atoms with van der Waals surface area (Å²) >= 11 is 0. The molecule has 8 nitrogen and oxygen atoms in total. The van der Waals surface area contributed by atoms with Gasteiger partial charge in [-0.25, -0.2) is 0 Å². The predicted molar refractivity (Wildman–Crippen MR) is 117 cm³/mol. The van der Waals surface area contributed by atoms with Crippen LogP contribution >= 0.6 is 0 Å². The summed E-state index contributed by atoms with van der Waals surface area (Å²) in [5.41, 5.74) is 8.94. The third-order valence-electron chi connectivity index (χ3n) is 5.65. The van der Waals surface area contributed by atoms with Crippen LogP contribution in [-0.2, 0) is 0 Å². The number of nitro benzene ring substituents is 1. The normalized spacial score (nSPS) is 15.9. The van der Waals surface area contributed by atoms with Crippen LogP contribution in [0.1, 0.15) is 11.7 Å². The molecule has 156 valence electrons. The van der Waals surface area contributed by atoms with Crippen molar-refractivity contribution in [3.05, 3.63) is 70.4 Å². The molecule has 1 aliphatic rings. The highest BCUT2D eigenvalue weighted by molar-refractivity contribution is 5.81. The molecule has 2 heterocycles. The number of nitrogens with two attached hydrogens (primary N) is 1. The third kappa shape index (κ3) is 3.92. The van der Waals surface area contributed by atoms with Crippen molar-refractivity contribution in [3.63, 3.8) is 0 Å². The van der Waals surface area contributed by atoms with Gasteiger partial charge in [0, 0.05) is 50.2 Å². The standard InChI is InChI=1S/C22H25N5O3/c1-30-22-5-3-2-4-20(22)25-10-12-26(13-11-25)21(15-23)19-8-6-16-14-17(27(28)29)7-9-18(16)24-19/h2-9,14,21H,10-13,15,23H2,1H3. The van der Waals surface area contributed by atoms with Gasteiger partial charge in [0.1, 0.15) is 5.75 Å². The van der Waals surface area contributed by atoms with Crippen molar-refractivity contribution in [2.75, 3.05) is 44.7 Å². The number of hydrogen-bond donors (Lipinski definition) is 1. The Morgan fingerprint density at radius 3 is 2.60 bits per heavy atom. The molecule has 0 saturated carbocycles. The number of methoxy groups -OCH3 is 1. The van der Waals surface area contributed by atoms with Crippen molar-refractivity contribution in [1.82, 2.24) is 9.88 Å². The van der Waals surface area contributed by atoms with Crippen LogP contribution in [-0.4, -0.2) is 54.6 Å². The maximum Gasteiger partial charge on any atom is 0.270 e. The molecule has 2 aromatic carbocycles. The number of rotatable bonds is 6. The molecule has 1 aliphatic heterocycles. The lowest BCUT2D eigenvalue weighted by molar-refractivity contribution is -0.384. The predicted octanol–water partition coefficient (Wildman–Crippen LogP) is 2.97. The number of piperazine rings is 1. The first-order chi connectivity index (χ1) is 14.6.